The summed E-state index contributed by atoms with van der Waals surface area (Å²) in [4.78, 5) is 0. The van der Waals surface area contributed by atoms with Crippen LogP contribution in [0.4, 0.5) is 13.2 Å². The molecule has 0 amide bonds. The van der Waals surface area contributed by atoms with E-state index in [1.54, 1.807) is 12.1 Å². The van der Waals surface area contributed by atoms with Crippen LogP contribution in [0.1, 0.15) is 50.5 Å². The number of halogens is 3. The molecule has 31 heavy (non-hydrogen) atoms. The van der Waals surface area contributed by atoms with Gasteiger partial charge in [0.05, 0.1) is 7.11 Å². The third kappa shape index (κ3) is 4.48. The van der Waals surface area contributed by atoms with Gasteiger partial charge in [-0.2, -0.15) is 0 Å². The molecular weight excluding hydrogens is 397 g/mol. The SMILES string of the molecule is CCC1CCC(c2ccc(-c3ccc(-c4cc(F)c(OC)c(F)c4)c(F)c3)cc2)CC1. The van der Waals surface area contributed by atoms with Crippen LogP contribution in [0.3, 0.4) is 0 Å². The Morgan fingerprint density at radius 2 is 1.32 bits per heavy atom. The number of hydrogen-bond donors (Lipinski definition) is 0. The molecule has 0 radical (unpaired) electrons. The second-order valence-corrected chi connectivity index (χ2v) is 8.42. The molecule has 0 aliphatic heterocycles. The Hall–Kier alpha value is -2.75. The van der Waals surface area contributed by atoms with Crippen molar-refractivity contribution < 1.29 is 17.9 Å². The van der Waals surface area contributed by atoms with Crippen LogP contribution in [0, 0.1) is 23.4 Å². The predicted molar refractivity (Wildman–Crippen MR) is 119 cm³/mol. The summed E-state index contributed by atoms with van der Waals surface area (Å²) >= 11 is 0. The fraction of sp³-hybridized carbons (Fsp3) is 0.333. The number of ether oxygens (including phenoxy) is 1. The summed E-state index contributed by atoms with van der Waals surface area (Å²) in [5, 5.41) is 0. The zero-order valence-corrected chi connectivity index (χ0v) is 17.9. The summed E-state index contributed by atoms with van der Waals surface area (Å²) in [7, 11) is 1.19. The first-order valence-electron chi connectivity index (χ1n) is 10.9. The average Bonchev–Trinajstić information content (AvgIpc) is 2.79. The van der Waals surface area contributed by atoms with Crippen LogP contribution in [0.15, 0.2) is 54.6 Å². The molecule has 0 aromatic heterocycles. The van der Waals surface area contributed by atoms with Gasteiger partial charge in [0.25, 0.3) is 0 Å². The van der Waals surface area contributed by atoms with Crippen molar-refractivity contribution in [2.24, 2.45) is 5.92 Å². The molecule has 1 aliphatic carbocycles. The predicted octanol–water partition coefficient (Wildman–Crippen LogP) is 8.13. The molecule has 0 bridgehead atoms. The summed E-state index contributed by atoms with van der Waals surface area (Å²) in [5.74, 6) is -1.23. The molecule has 0 atom stereocenters. The molecule has 1 fully saturated rings. The Bertz CT molecular complexity index is 1030. The van der Waals surface area contributed by atoms with Gasteiger partial charge in [-0.05, 0) is 78.0 Å². The summed E-state index contributed by atoms with van der Waals surface area (Å²) in [5.41, 5.74) is 3.28. The van der Waals surface area contributed by atoms with Crippen molar-refractivity contribution in [1.29, 1.82) is 0 Å². The van der Waals surface area contributed by atoms with E-state index in [2.05, 4.69) is 19.1 Å². The molecule has 1 saturated carbocycles. The number of rotatable bonds is 5. The lowest BCUT2D eigenvalue weighted by Gasteiger charge is -2.28. The maximum absolute atomic E-state index is 14.8. The molecule has 4 rings (SSSR count). The Morgan fingerprint density at radius 1 is 0.742 bits per heavy atom. The van der Waals surface area contributed by atoms with Crippen molar-refractivity contribution in [3.63, 3.8) is 0 Å². The smallest absolute Gasteiger partial charge is 0.190 e. The Morgan fingerprint density at radius 3 is 1.87 bits per heavy atom. The van der Waals surface area contributed by atoms with Crippen LogP contribution in [0.25, 0.3) is 22.3 Å². The first kappa shape index (κ1) is 21.5. The quantitative estimate of drug-likeness (QED) is 0.402. The summed E-state index contributed by atoms with van der Waals surface area (Å²) in [6.45, 7) is 2.27. The number of methoxy groups -OCH3 is 1. The fourth-order valence-electron chi connectivity index (χ4n) is 4.69. The van der Waals surface area contributed by atoms with E-state index in [0.717, 1.165) is 29.2 Å². The fourth-order valence-corrected chi connectivity index (χ4v) is 4.69. The van der Waals surface area contributed by atoms with E-state index < -0.39 is 23.2 Å². The van der Waals surface area contributed by atoms with Crippen molar-refractivity contribution in [1.82, 2.24) is 0 Å². The van der Waals surface area contributed by atoms with Crippen molar-refractivity contribution >= 4 is 0 Å². The Balaban J connectivity index is 1.54. The van der Waals surface area contributed by atoms with Crippen LogP contribution in [0.5, 0.6) is 5.75 Å². The highest BCUT2D eigenvalue weighted by molar-refractivity contribution is 5.71. The standard InChI is InChI=1S/C27H27F3O/c1-3-17-4-6-18(7-5-17)19-8-10-20(11-9-19)21-12-13-23(24(28)14-21)22-15-25(29)27(31-2)26(30)16-22/h8-18H,3-7H2,1-2H3. The van der Waals surface area contributed by atoms with E-state index in [1.165, 1.54) is 50.8 Å². The van der Waals surface area contributed by atoms with Gasteiger partial charge in [0.15, 0.2) is 17.4 Å². The van der Waals surface area contributed by atoms with Gasteiger partial charge in [0.2, 0.25) is 0 Å². The molecule has 3 aromatic carbocycles. The van der Waals surface area contributed by atoms with Gasteiger partial charge >= 0.3 is 0 Å². The minimum atomic E-state index is -0.857. The molecule has 0 N–H and O–H groups in total. The number of benzene rings is 3. The van der Waals surface area contributed by atoms with Crippen molar-refractivity contribution in [2.75, 3.05) is 7.11 Å². The molecule has 4 heteroatoms. The maximum atomic E-state index is 14.8. The van der Waals surface area contributed by atoms with E-state index in [0.29, 0.717) is 5.92 Å². The molecule has 0 heterocycles. The molecule has 1 aliphatic rings. The Labute approximate surface area is 181 Å². The molecular formula is C27H27F3O. The zero-order chi connectivity index (χ0) is 22.0. The van der Waals surface area contributed by atoms with Gasteiger partial charge in [-0.15, -0.1) is 0 Å². The lowest BCUT2D eigenvalue weighted by molar-refractivity contribution is 0.319. The van der Waals surface area contributed by atoms with Gasteiger partial charge in [0.1, 0.15) is 5.82 Å². The normalized spacial score (nSPS) is 18.7. The number of hydrogen-bond acceptors (Lipinski definition) is 1. The van der Waals surface area contributed by atoms with Crippen LogP contribution in [0.2, 0.25) is 0 Å². The van der Waals surface area contributed by atoms with E-state index in [9.17, 15) is 13.2 Å². The van der Waals surface area contributed by atoms with Gasteiger partial charge < -0.3 is 4.74 Å². The van der Waals surface area contributed by atoms with E-state index in [-0.39, 0.29) is 11.1 Å². The Kier molecular flexibility index (Phi) is 6.35. The third-order valence-electron chi connectivity index (χ3n) is 6.62. The summed E-state index contributed by atoms with van der Waals surface area (Å²) in [6.07, 6.45) is 6.32. The lowest BCUT2D eigenvalue weighted by Crippen LogP contribution is -2.12. The van der Waals surface area contributed by atoms with E-state index >= 15 is 0 Å². The maximum Gasteiger partial charge on any atom is 0.190 e. The summed E-state index contributed by atoms with van der Waals surface area (Å²) < 4.78 is 47.6. The average molecular weight is 425 g/mol. The minimum absolute atomic E-state index is 0.137. The highest BCUT2D eigenvalue weighted by atomic mass is 19.1. The van der Waals surface area contributed by atoms with Gasteiger partial charge in [-0.3, -0.25) is 0 Å². The van der Waals surface area contributed by atoms with E-state index in [4.69, 9.17) is 4.74 Å². The van der Waals surface area contributed by atoms with Crippen molar-refractivity contribution in [2.45, 2.75) is 44.9 Å². The highest BCUT2D eigenvalue weighted by Crippen LogP contribution is 2.38. The molecule has 0 spiro atoms. The van der Waals surface area contributed by atoms with Crippen molar-refractivity contribution in [3.05, 3.63) is 77.6 Å². The zero-order valence-electron chi connectivity index (χ0n) is 17.9. The highest BCUT2D eigenvalue weighted by Gasteiger charge is 2.21. The van der Waals surface area contributed by atoms with E-state index in [1.807, 2.05) is 12.1 Å². The van der Waals surface area contributed by atoms with Gasteiger partial charge in [-0.25, -0.2) is 13.2 Å². The first-order valence-corrected chi connectivity index (χ1v) is 10.9. The molecule has 3 aromatic rings. The minimum Gasteiger partial charge on any atom is -0.491 e. The topological polar surface area (TPSA) is 9.23 Å². The molecule has 1 nitrogen and oxygen atoms in total. The monoisotopic (exact) mass is 424 g/mol. The van der Waals surface area contributed by atoms with Gasteiger partial charge in [-0.1, -0.05) is 49.7 Å². The molecule has 0 unspecified atom stereocenters. The second-order valence-electron chi connectivity index (χ2n) is 8.42. The van der Waals surface area contributed by atoms with Crippen molar-refractivity contribution in [3.8, 4) is 28.0 Å². The summed E-state index contributed by atoms with van der Waals surface area (Å²) in [6, 6.07) is 15.3. The third-order valence-corrected chi connectivity index (χ3v) is 6.62. The van der Waals surface area contributed by atoms with Gasteiger partial charge in [0, 0.05) is 5.56 Å². The second kappa shape index (κ2) is 9.17. The van der Waals surface area contributed by atoms with Crippen LogP contribution in [-0.4, -0.2) is 7.11 Å². The molecule has 0 saturated heterocycles. The van der Waals surface area contributed by atoms with Crippen LogP contribution < -0.4 is 4.74 Å². The lowest BCUT2D eigenvalue weighted by atomic mass is 9.77. The van der Waals surface area contributed by atoms with Crippen LogP contribution >= 0.6 is 0 Å². The van der Waals surface area contributed by atoms with Crippen LogP contribution in [-0.2, 0) is 0 Å². The molecule has 162 valence electrons. The largest absolute Gasteiger partial charge is 0.491 e. The first-order chi connectivity index (χ1) is 15.0.